The normalized spacial score (nSPS) is 21.0. The third-order valence-electron chi connectivity index (χ3n) is 3.15. The number of ketones is 1. The van der Waals surface area contributed by atoms with Crippen molar-refractivity contribution in [2.24, 2.45) is 0 Å². The fraction of sp³-hybridized carbons (Fsp3) is 0.250. The first-order valence-corrected chi connectivity index (χ1v) is 6.56. The summed E-state index contributed by atoms with van der Waals surface area (Å²) in [7, 11) is 0. The molecular formula is C12H8BrFN2O4. The fourth-order valence-electron chi connectivity index (χ4n) is 2.21. The number of nitrogens with zero attached hydrogens (tertiary/aromatic N) is 1. The highest BCUT2D eigenvalue weighted by Crippen LogP contribution is 2.33. The quantitative estimate of drug-likeness (QED) is 0.820. The van der Waals surface area contributed by atoms with Gasteiger partial charge in [0.1, 0.15) is 11.9 Å². The Morgan fingerprint density at radius 2 is 2.15 bits per heavy atom. The van der Waals surface area contributed by atoms with Crippen LogP contribution in [0.15, 0.2) is 16.6 Å². The van der Waals surface area contributed by atoms with E-state index in [-0.39, 0.29) is 28.8 Å². The Morgan fingerprint density at radius 3 is 2.80 bits per heavy atom. The number of anilines is 1. The van der Waals surface area contributed by atoms with Crippen LogP contribution < -0.4 is 10.2 Å². The molecule has 0 bridgehead atoms. The molecule has 0 aliphatic carbocycles. The molecule has 1 atom stereocenters. The maximum absolute atomic E-state index is 13.6. The van der Waals surface area contributed by atoms with E-state index in [1.807, 2.05) is 0 Å². The first-order valence-electron chi connectivity index (χ1n) is 5.77. The number of Topliss-reactive ketones (excluding diaryl/α,β-unsaturated/α-hetero) is 1. The third kappa shape index (κ3) is 1.96. The van der Waals surface area contributed by atoms with E-state index in [1.165, 1.54) is 6.07 Å². The molecule has 0 radical (unpaired) electrons. The molecule has 3 rings (SSSR count). The lowest BCUT2D eigenvalue weighted by Gasteiger charge is -2.19. The Kier molecular flexibility index (Phi) is 2.97. The van der Waals surface area contributed by atoms with Crippen LogP contribution in [-0.4, -0.2) is 37.0 Å². The predicted molar refractivity (Wildman–Crippen MR) is 69.1 cm³/mol. The Balaban J connectivity index is 1.93. The van der Waals surface area contributed by atoms with Crippen LogP contribution in [0, 0.1) is 5.82 Å². The zero-order chi connectivity index (χ0) is 14.4. The van der Waals surface area contributed by atoms with Crippen LogP contribution in [0.25, 0.3) is 0 Å². The highest BCUT2D eigenvalue weighted by Gasteiger charge is 2.39. The van der Waals surface area contributed by atoms with Crippen LogP contribution in [0.1, 0.15) is 10.4 Å². The standard InChI is InChI=1S/C12H8BrFN2O4/c13-7-1-6-9(2-8(7)14)16(11(18)10(6)17)4-5-3-15-12(19)20-5/h1-2,5H,3-4H2,(H,15,19). The molecule has 1 aromatic rings. The molecule has 1 unspecified atom stereocenters. The van der Waals surface area contributed by atoms with Crippen LogP contribution in [0.2, 0.25) is 0 Å². The van der Waals surface area contributed by atoms with E-state index in [0.29, 0.717) is 0 Å². The van der Waals surface area contributed by atoms with Crippen molar-refractivity contribution in [3.8, 4) is 0 Å². The molecule has 0 aromatic heterocycles. The van der Waals surface area contributed by atoms with Gasteiger partial charge in [0, 0.05) is 0 Å². The van der Waals surface area contributed by atoms with Gasteiger partial charge in [-0.05, 0) is 28.1 Å². The molecule has 6 nitrogen and oxygen atoms in total. The Labute approximate surface area is 121 Å². The average molecular weight is 343 g/mol. The summed E-state index contributed by atoms with van der Waals surface area (Å²) >= 11 is 2.98. The van der Waals surface area contributed by atoms with Gasteiger partial charge >= 0.3 is 6.09 Å². The summed E-state index contributed by atoms with van der Waals surface area (Å²) in [6.45, 7) is 0.253. The number of carbonyl (C=O) groups is 3. The summed E-state index contributed by atoms with van der Waals surface area (Å²) in [5.74, 6) is -2.02. The van der Waals surface area contributed by atoms with Gasteiger partial charge in [0.15, 0.2) is 0 Å². The zero-order valence-electron chi connectivity index (χ0n) is 9.98. The number of carbonyl (C=O) groups excluding carboxylic acids is 3. The lowest BCUT2D eigenvalue weighted by Crippen LogP contribution is -2.38. The number of amides is 2. The molecule has 0 spiro atoms. The number of rotatable bonds is 2. The van der Waals surface area contributed by atoms with Gasteiger partial charge in [-0.3, -0.25) is 9.59 Å². The summed E-state index contributed by atoms with van der Waals surface area (Å²) in [5, 5.41) is 2.45. The maximum atomic E-state index is 13.6. The number of hydrogen-bond donors (Lipinski definition) is 1. The van der Waals surface area contributed by atoms with Crippen molar-refractivity contribution in [3.63, 3.8) is 0 Å². The van der Waals surface area contributed by atoms with Gasteiger partial charge in [-0.25, -0.2) is 9.18 Å². The average Bonchev–Trinajstić information content (AvgIpc) is 2.90. The van der Waals surface area contributed by atoms with Crippen molar-refractivity contribution in [2.75, 3.05) is 18.0 Å². The second-order valence-electron chi connectivity index (χ2n) is 4.44. The van der Waals surface area contributed by atoms with Gasteiger partial charge in [-0.2, -0.15) is 0 Å². The van der Waals surface area contributed by atoms with Crippen LogP contribution in [0.5, 0.6) is 0 Å². The number of nitrogens with one attached hydrogen (secondary N) is 1. The van der Waals surface area contributed by atoms with Crippen LogP contribution in [-0.2, 0) is 9.53 Å². The summed E-state index contributed by atoms with van der Waals surface area (Å²) in [4.78, 5) is 35.9. The lowest BCUT2D eigenvalue weighted by atomic mass is 10.1. The van der Waals surface area contributed by atoms with Crippen LogP contribution >= 0.6 is 15.9 Å². The summed E-state index contributed by atoms with van der Waals surface area (Å²) < 4.78 is 18.6. The van der Waals surface area contributed by atoms with Gasteiger partial charge in [0.25, 0.3) is 11.7 Å². The van der Waals surface area contributed by atoms with Crippen molar-refractivity contribution in [1.82, 2.24) is 5.32 Å². The van der Waals surface area contributed by atoms with Gasteiger partial charge in [0.05, 0.1) is 28.8 Å². The smallest absolute Gasteiger partial charge is 0.407 e. The second-order valence-corrected chi connectivity index (χ2v) is 5.29. The van der Waals surface area contributed by atoms with Crippen LogP contribution in [0.3, 0.4) is 0 Å². The molecule has 2 heterocycles. The summed E-state index contributed by atoms with van der Waals surface area (Å²) in [6.07, 6.45) is -1.13. The van der Waals surface area contributed by atoms with E-state index in [1.54, 1.807) is 0 Å². The highest BCUT2D eigenvalue weighted by atomic mass is 79.9. The minimum absolute atomic E-state index is 0.0113. The maximum Gasteiger partial charge on any atom is 0.407 e. The third-order valence-corrected chi connectivity index (χ3v) is 3.76. The zero-order valence-corrected chi connectivity index (χ0v) is 11.6. The van der Waals surface area contributed by atoms with Crippen molar-refractivity contribution in [1.29, 1.82) is 0 Å². The second kappa shape index (κ2) is 4.55. The number of fused-ring (bicyclic) bond motifs is 1. The Bertz CT molecular complexity index is 649. The molecule has 104 valence electrons. The lowest BCUT2D eigenvalue weighted by molar-refractivity contribution is -0.114. The fourth-order valence-corrected chi connectivity index (χ4v) is 2.55. The SMILES string of the molecule is O=C1NCC(CN2C(=O)C(=O)c3cc(Br)c(F)cc32)O1. The topological polar surface area (TPSA) is 75.7 Å². The molecule has 1 aromatic carbocycles. The summed E-state index contributed by atoms with van der Waals surface area (Å²) in [6, 6.07) is 2.40. The molecule has 2 aliphatic heterocycles. The van der Waals surface area contributed by atoms with E-state index >= 15 is 0 Å². The number of ether oxygens (including phenoxy) is 1. The van der Waals surface area contributed by atoms with E-state index in [2.05, 4.69) is 21.2 Å². The number of benzene rings is 1. The van der Waals surface area contributed by atoms with E-state index in [4.69, 9.17) is 4.74 Å². The molecule has 20 heavy (non-hydrogen) atoms. The molecule has 2 aliphatic rings. The molecule has 2 amide bonds. The Morgan fingerprint density at radius 1 is 1.40 bits per heavy atom. The van der Waals surface area contributed by atoms with Gasteiger partial charge in [0.2, 0.25) is 0 Å². The number of hydrogen-bond acceptors (Lipinski definition) is 4. The van der Waals surface area contributed by atoms with E-state index < -0.39 is 29.7 Å². The van der Waals surface area contributed by atoms with E-state index in [0.717, 1.165) is 11.0 Å². The van der Waals surface area contributed by atoms with E-state index in [9.17, 15) is 18.8 Å². The molecular weight excluding hydrogens is 335 g/mol. The number of cyclic esters (lactones) is 1. The van der Waals surface area contributed by atoms with Gasteiger partial charge in [-0.1, -0.05) is 0 Å². The first kappa shape index (κ1) is 13.0. The van der Waals surface area contributed by atoms with Gasteiger partial charge in [-0.15, -0.1) is 0 Å². The minimum Gasteiger partial charge on any atom is -0.442 e. The molecule has 8 heteroatoms. The molecule has 1 saturated heterocycles. The molecule has 1 fully saturated rings. The number of alkyl carbamates (subject to hydrolysis) is 1. The van der Waals surface area contributed by atoms with Crippen molar-refractivity contribution in [2.45, 2.75) is 6.10 Å². The summed E-state index contributed by atoms with van der Waals surface area (Å²) in [5.41, 5.74) is 0.337. The highest BCUT2D eigenvalue weighted by molar-refractivity contribution is 9.10. The van der Waals surface area contributed by atoms with Crippen LogP contribution in [0.4, 0.5) is 14.9 Å². The first-order chi connectivity index (χ1) is 9.47. The van der Waals surface area contributed by atoms with Crippen molar-refractivity contribution in [3.05, 3.63) is 28.0 Å². The largest absolute Gasteiger partial charge is 0.442 e. The minimum atomic E-state index is -0.750. The van der Waals surface area contributed by atoms with Crippen molar-refractivity contribution < 1.29 is 23.5 Å². The van der Waals surface area contributed by atoms with Crippen molar-refractivity contribution >= 4 is 39.4 Å². The monoisotopic (exact) mass is 342 g/mol. The Hall–Kier alpha value is -1.96. The number of halogens is 2. The molecule has 1 N–H and O–H groups in total. The molecule has 0 saturated carbocycles. The predicted octanol–water partition coefficient (Wildman–Crippen LogP) is 1.23. The van der Waals surface area contributed by atoms with Gasteiger partial charge < -0.3 is 15.0 Å².